The van der Waals surface area contributed by atoms with Crippen LogP contribution in [0.2, 0.25) is 0 Å². The highest BCUT2D eigenvalue weighted by atomic mass is 16.5. The van der Waals surface area contributed by atoms with Crippen LogP contribution in [0.25, 0.3) is 0 Å². The van der Waals surface area contributed by atoms with Crippen molar-refractivity contribution in [3.63, 3.8) is 0 Å². The van der Waals surface area contributed by atoms with Gasteiger partial charge in [0.2, 0.25) is 5.88 Å². The molecule has 0 unspecified atom stereocenters. The lowest BCUT2D eigenvalue weighted by Crippen LogP contribution is -2.54. The van der Waals surface area contributed by atoms with Crippen molar-refractivity contribution in [2.45, 2.75) is 58.5 Å². The van der Waals surface area contributed by atoms with Crippen LogP contribution in [0.15, 0.2) is 23.3 Å². The van der Waals surface area contributed by atoms with Gasteiger partial charge in [-0.05, 0) is 51.8 Å². The minimum atomic E-state index is 0.123. The second kappa shape index (κ2) is 10.4. The molecule has 0 amide bonds. The van der Waals surface area contributed by atoms with E-state index in [1.54, 1.807) is 0 Å². The van der Waals surface area contributed by atoms with Crippen molar-refractivity contribution in [3.8, 4) is 5.88 Å². The maximum atomic E-state index is 5.52. The largest absolute Gasteiger partial charge is 0.478 e. The van der Waals surface area contributed by atoms with Gasteiger partial charge in [-0.2, -0.15) is 0 Å². The molecule has 1 aromatic heterocycles. The average Bonchev–Trinajstić information content (AvgIpc) is 2.68. The number of aliphatic imine (C=N–C) groups is 1. The molecule has 0 atom stereocenters. The number of likely N-dealkylation sites (tertiary alicyclic amines) is 1. The maximum absolute atomic E-state index is 5.52. The van der Waals surface area contributed by atoms with E-state index in [2.05, 4.69) is 46.3 Å². The molecule has 2 heterocycles. The van der Waals surface area contributed by atoms with Gasteiger partial charge in [0.05, 0.1) is 6.61 Å². The fraction of sp³-hybridized carbons (Fsp3) is 0.700. The van der Waals surface area contributed by atoms with Crippen LogP contribution in [-0.2, 0) is 6.54 Å². The fourth-order valence-electron chi connectivity index (χ4n) is 3.12. The molecule has 2 rings (SSSR count). The van der Waals surface area contributed by atoms with Crippen molar-refractivity contribution >= 4 is 5.96 Å². The number of ether oxygens (including phenoxy) is 1. The first kappa shape index (κ1) is 20.5. The number of nitrogens with zero attached hydrogens (tertiary/aromatic N) is 3. The lowest BCUT2D eigenvalue weighted by molar-refractivity contribution is 0.0982. The van der Waals surface area contributed by atoms with Crippen LogP contribution in [0.1, 0.15) is 52.0 Å². The van der Waals surface area contributed by atoms with Crippen molar-refractivity contribution in [2.24, 2.45) is 4.99 Å². The summed E-state index contributed by atoms with van der Waals surface area (Å²) in [7, 11) is 1.81. The summed E-state index contributed by atoms with van der Waals surface area (Å²) in [4.78, 5) is 11.3. The molecule has 2 N–H and O–H groups in total. The van der Waals surface area contributed by atoms with E-state index in [4.69, 9.17) is 4.74 Å². The van der Waals surface area contributed by atoms with E-state index in [9.17, 15) is 0 Å². The molecule has 6 nitrogen and oxygen atoms in total. The van der Waals surface area contributed by atoms with Crippen LogP contribution in [0, 0.1) is 0 Å². The fourth-order valence-corrected chi connectivity index (χ4v) is 3.12. The first-order chi connectivity index (χ1) is 12.5. The predicted octanol–water partition coefficient (Wildman–Crippen LogP) is 2.80. The molecule has 0 spiro atoms. The molecule has 1 aromatic rings. The van der Waals surface area contributed by atoms with Gasteiger partial charge < -0.3 is 15.4 Å². The Morgan fingerprint density at radius 2 is 2.00 bits per heavy atom. The number of nitrogens with one attached hydrogen (secondary N) is 2. The molecule has 6 heteroatoms. The molecular weight excluding hydrogens is 326 g/mol. The first-order valence-electron chi connectivity index (χ1n) is 9.82. The van der Waals surface area contributed by atoms with E-state index in [-0.39, 0.29) is 5.54 Å². The van der Waals surface area contributed by atoms with Crippen molar-refractivity contribution in [3.05, 3.63) is 23.9 Å². The van der Waals surface area contributed by atoms with Crippen LogP contribution >= 0.6 is 0 Å². The molecule has 1 aliphatic heterocycles. The Hall–Kier alpha value is -1.82. The summed E-state index contributed by atoms with van der Waals surface area (Å²) in [5, 5.41) is 6.83. The summed E-state index contributed by atoms with van der Waals surface area (Å²) in [6, 6.07) is 3.96. The zero-order valence-corrected chi connectivity index (χ0v) is 16.8. The summed E-state index contributed by atoms with van der Waals surface area (Å²) in [5.41, 5.74) is 1.23. The van der Waals surface area contributed by atoms with Crippen LogP contribution in [0.4, 0.5) is 0 Å². The van der Waals surface area contributed by atoms with Crippen LogP contribution in [-0.4, -0.2) is 54.7 Å². The normalized spacial score (nSPS) is 16.4. The average molecular weight is 362 g/mol. The maximum Gasteiger partial charge on any atom is 0.213 e. The van der Waals surface area contributed by atoms with Gasteiger partial charge in [-0.15, -0.1) is 0 Å². The monoisotopic (exact) mass is 361 g/mol. The Morgan fingerprint density at radius 1 is 1.23 bits per heavy atom. The lowest BCUT2D eigenvalue weighted by Gasteiger charge is -2.41. The molecule has 146 valence electrons. The molecule has 0 bridgehead atoms. The smallest absolute Gasteiger partial charge is 0.213 e. The lowest BCUT2D eigenvalue weighted by atomic mass is 9.98. The van der Waals surface area contributed by atoms with Gasteiger partial charge in [-0.1, -0.05) is 19.4 Å². The molecule has 1 fully saturated rings. The Bertz CT molecular complexity index is 550. The molecule has 26 heavy (non-hydrogen) atoms. The van der Waals surface area contributed by atoms with Crippen molar-refractivity contribution in [1.82, 2.24) is 20.5 Å². The summed E-state index contributed by atoms with van der Waals surface area (Å²) in [5.74, 6) is 1.50. The number of piperidine rings is 1. The number of aromatic nitrogens is 1. The van der Waals surface area contributed by atoms with Gasteiger partial charge in [0.15, 0.2) is 5.96 Å². The first-order valence-corrected chi connectivity index (χ1v) is 9.82. The third kappa shape index (κ3) is 6.48. The standard InChI is InChI=1S/C20H35N5O/c1-5-13-26-18-10-9-17(14-22-18)15-23-19(21-4)24-16-20(2,3)25-11-7-6-8-12-25/h9-10,14H,5-8,11-13,15-16H2,1-4H3,(H2,21,23,24). The summed E-state index contributed by atoms with van der Waals surface area (Å²) >= 11 is 0. The molecular formula is C20H35N5O. The van der Waals surface area contributed by atoms with E-state index < -0.39 is 0 Å². The van der Waals surface area contributed by atoms with Gasteiger partial charge >= 0.3 is 0 Å². The molecule has 0 radical (unpaired) electrons. The van der Waals surface area contributed by atoms with Gasteiger partial charge in [-0.25, -0.2) is 4.98 Å². The number of guanidine groups is 1. The van der Waals surface area contributed by atoms with E-state index in [0.717, 1.165) is 24.5 Å². The van der Waals surface area contributed by atoms with Gasteiger partial charge in [0.25, 0.3) is 0 Å². The van der Waals surface area contributed by atoms with E-state index in [1.807, 2.05) is 25.4 Å². The Morgan fingerprint density at radius 3 is 2.62 bits per heavy atom. The van der Waals surface area contributed by atoms with E-state index >= 15 is 0 Å². The second-order valence-electron chi connectivity index (χ2n) is 7.49. The minimum Gasteiger partial charge on any atom is -0.478 e. The third-order valence-corrected chi connectivity index (χ3v) is 4.84. The highest BCUT2D eigenvalue weighted by Gasteiger charge is 2.27. The minimum absolute atomic E-state index is 0.123. The zero-order chi connectivity index (χ0) is 18.8. The summed E-state index contributed by atoms with van der Waals surface area (Å²) in [6.07, 6.45) is 6.81. The quantitative estimate of drug-likeness (QED) is 0.551. The van der Waals surface area contributed by atoms with Gasteiger partial charge in [0, 0.05) is 37.9 Å². The Kier molecular flexibility index (Phi) is 8.16. The summed E-state index contributed by atoms with van der Waals surface area (Å²) in [6.45, 7) is 11.3. The SMILES string of the molecule is CCCOc1ccc(CNC(=NC)NCC(C)(C)N2CCCCC2)cn1. The van der Waals surface area contributed by atoms with Gasteiger partial charge in [-0.3, -0.25) is 9.89 Å². The molecule has 0 saturated carbocycles. The Balaban J connectivity index is 1.78. The van der Waals surface area contributed by atoms with Crippen LogP contribution in [0.5, 0.6) is 5.88 Å². The van der Waals surface area contributed by atoms with E-state index in [0.29, 0.717) is 19.0 Å². The van der Waals surface area contributed by atoms with E-state index in [1.165, 1.54) is 32.4 Å². The molecule has 0 aliphatic carbocycles. The number of pyridine rings is 1. The topological polar surface area (TPSA) is 61.8 Å². The predicted molar refractivity (Wildman–Crippen MR) is 108 cm³/mol. The highest BCUT2D eigenvalue weighted by Crippen LogP contribution is 2.19. The number of hydrogen-bond donors (Lipinski definition) is 2. The molecule has 1 aliphatic rings. The highest BCUT2D eigenvalue weighted by molar-refractivity contribution is 5.79. The van der Waals surface area contributed by atoms with Crippen molar-refractivity contribution in [1.29, 1.82) is 0 Å². The third-order valence-electron chi connectivity index (χ3n) is 4.84. The van der Waals surface area contributed by atoms with Crippen LogP contribution < -0.4 is 15.4 Å². The van der Waals surface area contributed by atoms with Crippen molar-refractivity contribution < 1.29 is 4.74 Å². The summed E-state index contributed by atoms with van der Waals surface area (Å²) < 4.78 is 5.52. The number of rotatable bonds is 8. The molecule has 0 aromatic carbocycles. The van der Waals surface area contributed by atoms with Crippen LogP contribution in [0.3, 0.4) is 0 Å². The number of hydrogen-bond acceptors (Lipinski definition) is 4. The Labute approximate surface area is 158 Å². The second-order valence-corrected chi connectivity index (χ2v) is 7.49. The van der Waals surface area contributed by atoms with Crippen molar-refractivity contribution in [2.75, 3.05) is 33.3 Å². The molecule has 1 saturated heterocycles. The zero-order valence-electron chi connectivity index (χ0n) is 16.8. The van der Waals surface area contributed by atoms with Gasteiger partial charge in [0.1, 0.15) is 0 Å².